The summed E-state index contributed by atoms with van der Waals surface area (Å²) in [6.45, 7) is 3.96. The molecule has 0 saturated heterocycles. The molecule has 0 bridgehead atoms. The summed E-state index contributed by atoms with van der Waals surface area (Å²) in [7, 11) is 1.59. The summed E-state index contributed by atoms with van der Waals surface area (Å²) in [5.74, 6) is 0.203. The normalized spacial score (nSPS) is 14.5. The molecule has 0 atom stereocenters. The average molecular weight is 338 g/mol. The molecule has 1 aliphatic carbocycles. The first-order chi connectivity index (χ1) is 11.9. The number of hydrogen-bond donors (Lipinski definition) is 2. The third kappa shape index (κ3) is 3.65. The van der Waals surface area contributed by atoms with E-state index in [9.17, 15) is 9.59 Å². The van der Waals surface area contributed by atoms with Crippen LogP contribution >= 0.6 is 0 Å². The number of methoxy groups -OCH3 is 1. The zero-order valence-corrected chi connectivity index (χ0v) is 14.7. The van der Waals surface area contributed by atoms with E-state index in [2.05, 4.69) is 10.6 Å². The van der Waals surface area contributed by atoms with E-state index in [1.165, 1.54) is 0 Å². The zero-order chi connectivity index (χ0) is 18.0. The van der Waals surface area contributed by atoms with Gasteiger partial charge in [-0.05, 0) is 74.2 Å². The number of anilines is 2. The van der Waals surface area contributed by atoms with Gasteiger partial charge >= 0.3 is 0 Å². The summed E-state index contributed by atoms with van der Waals surface area (Å²) in [5.41, 5.74) is 2.55. The van der Waals surface area contributed by atoms with Gasteiger partial charge in [0.15, 0.2) is 0 Å². The molecular weight excluding hydrogens is 316 g/mol. The molecule has 0 aromatic heterocycles. The average Bonchev–Trinajstić information content (AvgIpc) is 3.36. The number of carbonyl (C=O) groups is 2. The van der Waals surface area contributed by atoms with Gasteiger partial charge in [0.25, 0.3) is 0 Å². The highest BCUT2D eigenvalue weighted by Crippen LogP contribution is 2.47. The molecule has 2 amide bonds. The fourth-order valence-corrected chi connectivity index (χ4v) is 2.90. The zero-order valence-electron chi connectivity index (χ0n) is 14.7. The van der Waals surface area contributed by atoms with Crippen molar-refractivity contribution < 1.29 is 14.3 Å². The van der Waals surface area contributed by atoms with E-state index >= 15 is 0 Å². The second kappa shape index (κ2) is 6.59. The molecule has 0 radical (unpaired) electrons. The van der Waals surface area contributed by atoms with Gasteiger partial charge in [0.2, 0.25) is 11.8 Å². The van der Waals surface area contributed by atoms with Crippen LogP contribution in [0.1, 0.15) is 24.0 Å². The summed E-state index contributed by atoms with van der Waals surface area (Å²) in [6, 6.07) is 12.9. The van der Waals surface area contributed by atoms with Crippen LogP contribution in [0, 0.1) is 19.3 Å². The van der Waals surface area contributed by atoms with Crippen molar-refractivity contribution in [3.63, 3.8) is 0 Å². The SMILES string of the molecule is COc1ccc(NC(=O)C2(C(=O)Nc3cc(C)cc(C)c3)CC2)cc1. The van der Waals surface area contributed by atoms with Gasteiger partial charge in [0.1, 0.15) is 11.2 Å². The lowest BCUT2D eigenvalue weighted by molar-refractivity contribution is -0.131. The Kier molecular flexibility index (Phi) is 4.49. The first kappa shape index (κ1) is 17.0. The molecule has 1 saturated carbocycles. The summed E-state index contributed by atoms with van der Waals surface area (Å²) in [6.07, 6.45) is 1.12. The Morgan fingerprint density at radius 3 is 1.88 bits per heavy atom. The Bertz CT molecular complexity index is 788. The van der Waals surface area contributed by atoms with Crippen molar-refractivity contribution in [2.24, 2.45) is 5.41 Å². The molecule has 5 nitrogen and oxygen atoms in total. The highest BCUT2D eigenvalue weighted by molar-refractivity contribution is 6.16. The van der Waals surface area contributed by atoms with Crippen molar-refractivity contribution >= 4 is 23.2 Å². The highest BCUT2D eigenvalue weighted by Gasteiger charge is 2.56. The lowest BCUT2D eigenvalue weighted by Crippen LogP contribution is -2.35. The molecule has 3 rings (SSSR count). The lowest BCUT2D eigenvalue weighted by atomic mass is 10.0. The number of ether oxygens (including phenoxy) is 1. The summed E-state index contributed by atoms with van der Waals surface area (Å²) in [5, 5.41) is 5.72. The Labute approximate surface area is 147 Å². The van der Waals surface area contributed by atoms with E-state index < -0.39 is 5.41 Å². The topological polar surface area (TPSA) is 67.4 Å². The standard InChI is InChI=1S/C20H22N2O3/c1-13-10-14(2)12-16(11-13)22-19(24)20(8-9-20)18(23)21-15-4-6-17(25-3)7-5-15/h4-7,10-12H,8-9H2,1-3H3,(H,21,23)(H,22,24). The molecular formula is C20H22N2O3. The minimum Gasteiger partial charge on any atom is -0.497 e. The molecule has 1 fully saturated rings. The molecule has 2 aromatic carbocycles. The van der Waals surface area contributed by atoms with Gasteiger partial charge in [0.05, 0.1) is 7.11 Å². The number of benzene rings is 2. The summed E-state index contributed by atoms with van der Waals surface area (Å²) >= 11 is 0. The minimum absolute atomic E-state index is 0.247. The second-order valence-electron chi connectivity index (χ2n) is 6.60. The van der Waals surface area contributed by atoms with Crippen molar-refractivity contribution in [1.82, 2.24) is 0 Å². The van der Waals surface area contributed by atoms with E-state index in [1.807, 2.05) is 32.0 Å². The lowest BCUT2D eigenvalue weighted by Gasteiger charge is -2.16. The number of hydrogen-bond acceptors (Lipinski definition) is 3. The van der Waals surface area contributed by atoms with E-state index in [-0.39, 0.29) is 11.8 Å². The van der Waals surface area contributed by atoms with Gasteiger partial charge in [-0.3, -0.25) is 9.59 Å². The Morgan fingerprint density at radius 2 is 1.40 bits per heavy atom. The smallest absolute Gasteiger partial charge is 0.240 e. The van der Waals surface area contributed by atoms with E-state index in [4.69, 9.17) is 4.74 Å². The predicted octanol–water partition coefficient (Wildman–Crippen LogP) is 3.67. The fraction of sp³-hybridized carbons (Fsp3) is 0.300. The number of nitrogens with one attached hydrogen (secondary N) is 2. The van der Waals surface area contributed by atoms with Crippen LogP contribution in [0.2, 0.25) is 0 Å². The maximum absolute atomic E-state index is 12.7. The van der Waals surface area contributed by atoms with Crippen molar-refractivity contribution in [3.05, 3.63) is 53.6 Å². The van der Waals surface area contributed by atoms with Crippen molar-refractivity contribution in [1.29, 1.82) is 0 Å². The Morgan fingerprint density at radius 1 is 0.880 bits per heavy atom. The first-order valence-electron chi connectivity index (χ1n) is 8.28. The van der Waals surface area contributed by atoms with Crippen LogP contribution < -0.4 is 15.4 Å². The maximum atomic E-state index is 12.7. The van der Waals surface area contributed by atoms with Gasteiger partial charge in [-0.1, -0.05) is 6.07 Å². The molecule has 5 heteroatoms. The van der Waals surface area contributed by atoms with Crippen molar-refractivity contribution in [2.75, 3.05) is 17.7 Å². The fourth-order valence-electron chi connectivity index (χ4n) is 2.90. The van der Waals surface area contributed by atoms with E-state index in [0.29, 0.717) is 24.3 Å². The number of amides is 2. The molecule has 2 N–H and O–H groups in total. The van der Waals surface area contributed by atoms with Crippen LogP contribution in [0.3, 0.4) is 0 Å². The number of rotatable bonds is 5. The van der Waals surface area contributed by atoms with Crippen LogP contribution in [-0.2, 0) is 9.59 Å². The Hall–Kier alpha value is -2.82. The Balaban J connectivity index is 1.69. The largest absolute Gasteiger partial charge is 0.497 e. The molecule has 2 aromatic rings. The second-order valence-corrected chi connectivity index (χ2v) is 6.60. The van der Waals surface area contributed by atoms with Crippen molar-refractivity contribution in [3.8, 4) is 5.75 Å². The maximum Gasteiger partial charge on any atom is 0.240 e. The molecule has 0 aliphatic heterocycles. The minimum atomic E-state index is -0.975. The molecule has 0 spiro atoms. The molecule has 0 heterocycles. The molecule has 1 aliphatic rings. The predicted molar refractivity (Wildman–Crippen MR) is 97.8 cm³/mol. The van der Waals surface area contributed by atoms with E-state index in [0.717, 1.165) is 16.8 Å². The van der Waals surface area contributed by atoms with Crippen LogP contribution in [0.25, 0.3) is 0 Å². The van der Waals surface area contributed by atoms with Gasteiger partial charge in [-0.25, -0.2) is 0 Å². The quantitative estimate of drug-likeness (QED) is 0.818. The highest BCUT2D eigenvalue weighted by atomic mass is 16.5. The number of aryl methyl sites for hydroxylation is 2. The van der Waals surface area contributed by atoms with E-state index in [1.54, 1.807) is 31.4 Å². The molecule has 130 valence electrons. The third-order valence-electron chi connectivity index (χ3n) is 4.45. The van der Waals surface area contributed by atoms with Gasteiger partial charge in [-0.15, -0.1) is 0 Å². The monoisotopic (exact) mass is 338 g/mol. The van der Waals surface area contributed by atoms with Gasteiger partial charge in [-0.2, -0.15) is 0 Å². The first-order valence-corrected chi connectivity index (χ1v) is 8.28. The van der Waals surface area contributed by atoms with Gasteiger partial charge < -0.3 is 15.4 Å². The van der Waals surface area contributed by atoms with Crippen LogP contribution in [0.4, 0.5) is 11.4 Å². The van der Waals surface area contributed by atoms with Gasteiger partial charge in [0, 0.05) is 11.4 Å². The van der Waals surface area contributed by atoms with Crippen LogP contribution in [0.15, 0.2) is 42.5 Å². The summed E-state index contributed by atoms with van der Waals surface area (Å²) < 4.78 is 5.10. The van der Waals surface area contributed by atoms with Crippen LogP contribution in [-0.4, -0.2) is 18.9 Å². The third-order valence-corrected chi connectivity index (χ3v) is 4.45. The molecule has 0 unspecified atom stereocenters. The number of carbonyl (C=O) groups excluding carboxylic acids is 2. The van der Waals surface area contributed by atoms with Crippen LogP contribution in [0.5, 0.6) is 5.75 Å². The molecule has 25 heavy (non-hydrogen) atoms. The summed E-state index contributed by atoms with van der Waals surface area (Å²) in [4.78, 5) is 25.3. The van der Waals surface area contributed by atoms with Crippen molar-refractivity contribution in [2.45, 2.75) is 26.7 Å².